The first-order chi connectivity index (χ1) is 15.4. The molecule has 0 bridgehead atoms. The topological polar surface area (TPSA) is 94.5 Å². The van der Waals surface area contributed by atoms with Crippen molar-refractivity contribution in [3.8, 4) is 0 Å². The highest BCUT2D eigenvalue weighted by molar-refractivity contribution is 14.0. The Hall–Kier alpha value is -2.64. The molecule has 1 aliphatic heterocycles. The lowest BCUT2D eigenvalue weighted by atomic mass is 10.2. The van der Waals surface area contributed by atoms with Gasteiger partial charge in [0, 0.05) is 44.5 Å². The lowest BCUT2D eigenvalue weighted by molar-refractivity contribution is -0.141. The lowest BCUT2D eigenvalue weighted by Crippen LogP contribution is -2.39. The van der Waals surface area contributed by atoms with Crippen molar-refractivity contribution in [2.45, 2.75) is 32.5 Å². The van der Waals surface area contributed by atoms with Crippen LogP contribution in [0.1, 0.15) is 31.0 Å². The van der Waals surface area contributed by atoms with Crippen molar-refractivity contribution in [3.63, 3.8) is 0 Å². The van der Waals surface area contributed by atoms with E-state index in [0.29, 0.717) is 38.6 Å². The molecule has 0 saturated carbocycles. The summed E-state index contributed by atoms with van der Waals surface area (Å²) in [6.07, 6.45) is -1.96. The number of rotatable bonds is 8. The molecule has 2 heterocycles. The predicted octanol–water partition coefficient (Wildman–Crippen LogP) is 3.41. The Labute approximate surface area is 207 Å². The maximum absolute atomic E-state index is 12.7. The third-order valence-corrected chi connectivity index (χ3v) is 4.73. The molecule has 1 aromatic carbocycles. The van der Waals surface area contributed by atoms with E-state index in [1.165, 1.54) is 0 Å². The number of benzene rings is 1. The van der Waals surface area contributed by atoms with Crippen LogP contribution >= 0.6 is 24.0 Å². The Bertz CT molecular complexity index is 938. The predicted molar refractivity (Wildman–Crippen MR) is 132 cm³/mol. The average molecular weight is 577 g/mol. The number of nitrogens with one attached hydrogen (secondary N) is 3. The molecule has 0 spiro atoms. The fourth-order valence-electron chi connectivity index (χ4n) is 3.17. The zero-order valence-corrected chi connectivity index (χ0v) is 20.5. The summed E-state index contributed by atoms with van der Waals surface area (Å²) < 4.78 is 38.2. The molecule has 2 aromatic rings. The lowest BCUT2D eigenvalue weighted by Gasteiger charge is -2.16. The molecule has 1 aromatic heterocycles. The minimum Gasteiger partial charge on any atom is -0.357 e. The van der Waals surface area contributed by atoms with Crippen LogP contribution < -0.4 is 20.9 Å². The van der Waals surface area contributed by atoms with Gasteiger partial charge in [-0.3, -0.25) is 4.79 Å². The summed E-state index contributed by atoms with van der Waals surface area (Å²) in [7, 11) is 0. The molecule has 0 aliphatic carbocycles. The van der Waals surface area contributed by atoms with Crippen LogP contribution in [-0.2, 0) is 17.5 Å². The zero-order valence-electron chi connectivity index (χ0n) is 18.2. The Morgan fingerprint density at radius 2 is 1.91 bits per heavy atom. The second kappa shape index (κ2) is 12.6. The second-order valence-corrected chi connectivity index (χ2v) is 7.13. The maximum Gasteiger partial charge on any atom is 0.433 e. The Morgan fingerprint density at radius 3 is 2.55 bits per heavy atom. The van der Waals surface area contributed by atoms with E-state index < -0.39 is 11.9 Å². The Morgan fingerprint density at radius 1 is 1.15 bits per heavy atom. The number of anilines is 2. The van der Waals surface area contributed by atoms with E-state index in [1.807, 2.05) is 31.2 Å². The van der Waals surface area contributed by atoms with E-state index in [-0.39, 0.29) is 35.8 Å². The van der Waals surface area contributed by atoms with Crippen LogP contribution in [0.3, 0.4) is 0 Å². The van der Waals surface area contributed by atoms with Crippen molar-refractivity contribution in [2.75, 3.05) is 36.4 Å². The first-order valence-electron chi connectivity index (χ1n) is 10.4. The SMILES string of the molecule is CCNC(=NCc1ccc(N2CCCC2=O)cc1)NCCNc1nccc(C(F)(F)F)n1.I. The number of aliphatic imine (C=N–C) groups is 1. The molecule has 0 radical (unpaired) electrons. The molecule has 3 rings (SSSR count). The van der Waals surface area contributed by atoms with Gasteiger partial charge in [0.15, 0.2) is 5.96 Å². The minimum atomic E-state index is -4.51. The van der Waals surface area contributed by atoms with Gasteiger partial charge in [-0.15, -0.1) is 24.0 Å². The molecule has 33 heavy (non-hydrogen) atoms. The van der Waals surface area contributed by atoms with Crippen LogP contribution in [0.25, 0.3) is 0 Å². The quantitative estimate of drug-likeness (QED) is 0.193. The Balaban J connectivity index is 0.00000385. The molecule has 8 nitrogen and oxygen atoms in total. The summed E-state index contributed by atoms with van der Waals surface area (Å²) in [5.41, 5.74) is 0.902. The molecule has 1 fully saturated rings. The molecule has 1 aliphatic rings. The van der Waals surface area contributed by atoms with Gasteiger partial charge < -0.3 is 20.9 Å². The normalized spacial score (nSPS) is 14.1. The van der Waals surface area contributed by atoms with E-state index in [1.54, 1.807) is 4.90 Å². The van der Waals surface area contributed by atoms with E-state index >= 15 is 0 Å². The highest BCUT2D eigenvalue weighted by Gasteiger charge is 2.32. The number of alkyl halides is 3. The van der Waals surface area contributed by atoms with Gasteiger partial charge in [-0.05, 0) is 37.1 Å². The molecule has 1 saturated heterocycles. The summed E-state index contributed by atoms with van der Waals surface area (Å²) in [6, 6.07) is 8.57. The van der Waals surface area contributed by atoms with E-state index in [9.17, 15) is 18.0 Å². The summed E-state index contributed by atoms with van der Waals surface area (Å²) in [4.78, 5) is 25.4. The minimum absolute atomic E-state index is 0. The molecule has 180 valence electrons. The zero-order chi connectivity index (χ0) is 23.0. The van der Waals surface area contributed by atoms with Crippen LogP contribution in [0.4, 0.5) is 24.8 Å². The van der Waals surface area contributed by atoms with Gasteiger partial charge in [-0.2, -0.15) is 13.2 Å². The number of carbonyl (C=O) groups excluding carboxylic acids is 1. The van der Waals surface area contributed by atoms with Gasteiger partial charge in [0.2, 0.25) is 11.9 Å². The number of carbonyl (C=O) groups is 1. The first kappa shape index (κ1) is 26.6. The summed E-state index contributed by atoms with van der Waals surface area (Å²) >= 11 is 0. The number of aromatic nitrogens is 2. The van der Waals surface area contributed by atoms with Gasteiger partial charge in [0.25, 0.3) is 0 Å². The van der Waals surface area contributed by atoms with E-state index in [2.05, 4.69) is 30.9 Å². The first-order valence-corrected chi connectivity index (χ1v) is 10.4. The third-order valence-electron chi connectivity index (χ3n) is 4.73. The molecule has 3 N–H and O–H groups in total. The second-order valence-electron chi connectivity index (χ2n) is 7.13. The third kappa shape index (κ3) is 8.02. The van der Waals surface area contributed by atoms with Crippen molar-refractivity contribution in [3.05, 3.63) is 47.8 Å². The average Bonchev–Trinajstić information content (AvgIpc) is 3.21. The van der Waals surface area contributed by atoms with E-state index in [0.717, 1.165) is 36.5 Å². The highest BCUT2D eigenvalue weighted by Crippen LogP contribution is 2.27. The summed E-state index contributed by atoms with van der Waals surface area (Å²) in [6.45, 7) is 4.50. The van der Waals surface area contributed by atoms with Gasteiger partial charge in [-0.1, -0.05) is 12.1 Å². The molecule has 0 atom stereocenters. The van der Waals surface area contributed by atoms with Crippen molar-refractivity contribution in [1.82, 2.24) is 20.6 Å². The maximum atomic E-state index is 12.7. The van der Waals surface area contributed by atoms with Crippen LogP contribution in [0.5, 0.6) is 0 Å². The summed E-state index contributed by atoms with van der Waals surface area (Å²) in [5.74, 6) is 0.650. The van der Waals surface area contributed by atoms with Crippen molar-refractivity contribution >= 4 is 47.5 Å². The largest absolute Gasteiger partial charge is 0.433 e. The fourth-order valence-corrected chi connectivity index (χ4v) is 3.17. The van der Waals surface area contributed by atoms with Gasteiger partial charge in [0.1, 0.15) is 5.69 Å². The Kier molecular flexibility index (Phi) is 10.1. The molecule has 0 unspecified atom stereocenters. The van der Waals surface area contributed by atoms with Gasteiger partial charge in [0.05, 0.1) is 6.54 Å². The van der Waals surface area contributed by atoms with Crippen LogP contribution in [0, 0.1) is 0 Å². The smallest absolute Gasteiger partial charge is 0.357 e. The number of hydrogen-bond acceptors (Lipinski definition) is 5. The number of hydrogen-bond donors (Lipinski definition) is 3. The number of amides is 1. The van der Waals surface area contributed by atoms with Gasteiger partial charge in [-0.25, -0.2) is 15.0 Å². The number of halogens is 4. The van der Waals surface area contributed by atoms with E-state index in [4.69, 9.17) is 0 Å². The van der Waals surface area contributed by atoms with Crippen molar-refractivity contribution in [2.24, 2.45) is 4.99 Å². The standard InChI is InChI=1S/C21H26F3N7O.HI/c1-2-25-19(27-11-12-28-20-26-10-9-17(30-20)21(22,23)24)29-14-15-5-7-16(8-6-15)31-13-3-4-18(31)32;/h5-10H,2-4,11-14H2,1H3,(H2,25,27,29)(H,26,28,30);1H. The van der Waals surface area contributed by atoms with Crippen molar-refractivity contribution in [1.29, 1.82) is 0 Å². The van der Waals surface area contributed by atoms with Crippen LogP contribution in [-0.4, -0.2) is 48.0 Å². The monoisotopic (exact) mass is 577 g/mol. The molecular weight excluding hydrogens is 550 g/mol. The van der Waals surface area contributed by atoms with Gasteiger partial charge >= 0.3 is 6.18 Å². The summed E-state index contributed by atoms with van der Waals surface area (Å²) in [5, 5.41) is 9.00. The number of guanidine groups is 1. The van der Waals surface area contributed by atoms with Crippen LogP contribution in [0.2, 0.25) is 0 Å². The molecule has 1 amide bonds. The molecular formula is C21H27F3IN7O. The highest BCUT2D eigenvalue weighted by atomic mass is 127. The van der Waals surface area contributed by atoms with Crippen LogP contribution in [0.15, 0.2) is 41.5 Å². The number of nitrogens with zero attached hydrogens (tertiary/aromatic N) is 4. The molecule has 12 heteroatoms. The fraction of sp³-hybridized carbons (Fsp3) is 0.429. The van der Waals surface area contributed by atoms with Crippen molar-refractivity contribution < 1.29 is 18.0 Å².